The molecule has 3 nitrogen and oxygen atoms in total. The van der Waals surface area contributed by atoms with E-state index in [1.54, 1.807) is 11.8 Å². The van der Waals surface area contributed by atoms with E-state index in [-0.39, 0.29) is 5.91 Å². The molecule has 1 aromatic carbocycles. The van der Waals surface area contributed by atoms with Crippen LogP contribution in [0, 0.1) is 5.92 Å². The number of fused-ring (bicyclic) bond motifs is 1. The molecule has 2 aliphatic heterocycles. The molecule has 108 valence electrons. The first-order valence-corrected chi connectivity index (χ1v) is 8.59. The van der Waals surface area contributed by atoms with Gasteiger partial charge in [-0.2, -0.15) is 0 Å². The average Bonchev–Trinajstić information content (AvgIpc) is 2.76. The molecule has 4 heteroatoms. The van der Waals surface area contributed by atoms with Crippen LogP contribution in [0.5, 0.6) is 0 Å². The van der Waals surface area contributed by atoms with Crippen LogP contribution in [-0.2, 0) is 6.54 Å². The lowest BCUT2D eigenvalue weighted by atomic mass is 10.0. The highest BCUT2D eigenvalue weighted by atomic mass is 32.2. The van der Waals surface area contributed by atoms with Gasteiger partial charge in [-0.05, 0) is 49.3 Å². The first kappa shape index (κ1) is 14.0. The summed E-state index contributed by atoms with van der Waals surface area (Å²) in [6.45, 7) is 6.11. The van der Waals surface area contributed by atoms with E-state index in [2.05, 4.69) is 24.1 Å². The number of benzene rings is 1. The summed E-state index contributed by atoms with van der Waals surface area (Å²) >= 11 is 1.73. The van der Waals surface area contributed by atoms with E-state index in [0.29, 0.717) is 0 Å². The fourth-order valence-corrected chi connectivity index (χ4v) is 3.96. The second kappa shape index (κ2) is 5.78. The monoisotopic (exact) mass is 290 g/mol. The van der Waals surface area contributed by atoms with E-state index >= 15 is 0 Å². The molecular weight excluding hydrogens is 268 g/mol. The maximum absolute atomic E-state index is 12.5. The molecule has 1 atom stereocenters. The summed E-state index contributed by atoms with van der Waals surface area (Å²) in [4.78, 5) is 18.2. The Kier molecular flexibility index (Phi) is 4.03. The van der Waals surface area contributed by atoms with Gasteiger partial charge in [0, 0.05) is 23.5 Å². The van der Waals surface area contributed by atoms with E-state index in [1.165, 1.54) is 23.3 Å². The third kappa shape index (κ3) is 2.59. The quantitative estimate of drug-likeness (QED) is 0.799. The van der Waals surface area contributed by atoms with E-state index in [4.69, 9.17) is 0 Å². The van der Waals surface area contributed by atoms with Crippen LogP contribution in [0.25, 0.3) is 0 Å². The van der Waals surface area contributed by atoms with Gasteiger partial charge in [-0.1, -0.05) is 13.0 Å². The zero-order valence-corrected chi connectivity index (χ0v) is 13.1. The van der Waals surface area contributed by atoms with Crippen LogP contribution in [0.15, 0.2) is 23.1 Å². The van der Waals surface area contributed by atoms with E-state index in [1.807, 2.05) is 17.0 Å². The lowest BCUT2D eigenvalue weighted by Gasteiger charge is -2.33. The lowest BCUT2D eigenvalue weighted by Crippen LogP contribution is -2.42. The summed E-state index contributed by atoms with van der Waals surface area (Å²) in [6, 6.07) is 6.08. The van der Waals surface area contributed by atoms with Crippen molar-refractivity contribution in [3.8, 4) is 0 Å². The highest BCUT2D eigenvalue weighted by Crippen LogP contribution is 2.31. The van der Waals surface area contributed by atoms with E-state index in [0.717, 1.165) is 37.8 Å². The van der Waals surface area contributed by atoms with Gasteiger partial charge < -0.3 is 4.90 Å². The summed E-state index contributed by atoms with van der Waals surface area (Å²) in [5, 5.41) is 0. The second-order valence-corrected chi connectivity index (χ2v) is 6.80. The molecule has 0 aliphatic carbocycles. The summed E-state index contributed by atoms with van der Waals surface area (Å²) in [6.07, 6.45) is 4.66. The van der Waals surface area contributed by atoms with Crippen LogP contribution in [-0.4, -0.2) is 41.7 Å². The fourth-order valence-electron chi connectivity index (χ4n) is 3.32. The second-order valence-electron chi connectivity index (χ2n) is 5.96. The lowest BCUT2D eigenvalue weighted by molar-refractivity contribution is 0.0573. The van der Waals surface area contributed by atoms with Gasteiger partial charge in [0.25, 0.3) is 5.91 Å². The third-order valence-electron chi connectivity index (χ3n) is 4.33. The molecule has 0 unspecified atom stereocenters. The third-order valence-corrected chi connectivity index (χ3v) is 5.15. The fraction of sp³-hybridized carbons (Fsp3) is 0.562. The number of carbonyl (C=O) groups is 1. The van der Waals surface area contributed by atoms with Crippen molar-refractivity contribution in [3.05, 3.63) is 29.3 Å². The maximum atomic E-state index is 12.5. The Morgan fingerprint density at radius 2 is 2.25 bits per heavy atom. The number of hydrogen-bond donors (Lipinski definition) is 0. The Morgan fingerprint density at radius 1 is 1.40 bits per heavy atom. The van der Waals surface area contributed by atoms with Gasteiger partial charge in [0.05, 0.1) is 6.67 Å². The first-order valence-electron chi connectivity index (χ1n) is 7.36. The molecule has 0 N–H and O–H groups in total. The molecule has 2 aliphatic rings. The van der Waals surface area contributed by atoms with Crippen LogP contribution in [0.3, 0.4) is 0 Å². The molecule has 20 heavy (non-hydrogen) atoms. The molecule has 0 spiro atoms. The number of carbonyl (C=O) groups excluding carboxylic acids is 1. The zero-order chi connectivity index (χ0) is 14.1. The molecule has 1 aromatic rings. The molecule has 0 saturated carbocycles. The van der Waals surface area contributed by atoms with Crippen molar-refractivity contribution in [2.24, 2.45) is 5.92 Å². The number of amides is 1. The highest BCUT2D eigenvalue weighted by molar-refractivity contribution is 7.98. The Bertz CT molecular complexity index is 517. The predicted molar refractivity (Wildman–Crippen MR) is 82.9 cm³/mol. The summed E-state index contributed by atoms with van der Waals surface area (Å²) < 4.78 is 0. The Labute approximate surface area is 125 Å². The topological polar surface area (TPSA) is 23.6 Å². The number of rotatable bonds is 3. The minimum Gasteiger partial charge on any atom is -0.321 e. The van der Waals surface area contributed by atoms with Crippen molar-refractivity contribution < 1.29 is 4.79 Å². The summed E-state index contributed by atoms with van der Waals surface area (Å²) in [7, 11) is 0. The van der Waals surface area contributed by atoms with Crippen molar-refractivity contribution >= 4 is 17.7 Å². The Balaban J connectivity index is 1.73. The van der Waals surface area contributed by atoms with Gasteiger partial charge in [-0.3, -0.25) is 9.69 Å². The SMILES string of the molecule is CSc1cccc2c1CN(CN1CCC[C@H](C)C1)C2=O. The van der Waals surface area contributed by atoms with E-state index in [9.17, 15) is 4.79 Å². The smallest absolute Gasteiger partial charge is 0.255 e. The number of nitrogens with zero attached hydrogens (tertiary/aromatic N) is 2. The van der Waals surface area contributed by atoms with Gasteiger partial charge in [0.15, 0.2) is 0 Å². The molecule has 1 saturated heterocycles. The predicted octanol–water partition coefficient (Wildman–Crippen LogP) is 3.05. The van der Waals surface area contributed by atoms with Crippen molar-refractivity contribution in [1.82, 2.24) is 9.80 Å². The normalized spacial score (nSPS) is 23.2. The van der Waals surface area contributed by atoms with Crippen LogP contribution < -0.4 is 0 Å². The highest BCUT2D eigenvalue weighted by Gasteiger charge is 2.30. The molecule has 0 radical (unpaired) electrons. The minimum absolute atomic E-state index is 0.203. The average molecular weight is 290 g/mol. The van der Waals surface area contributed by atoms with Gasteiger partial charge in [0.1, 0.15) is 0 Å². The van der Waals surface area contributed by atoms with Crippen LogP contribution in [0.2, 0.25) is 0 Å². The Morgan fingerprint density at radius 3 is 3.00 bits per heavy atom. The van der Waals surface area contributed by atoms with Crippen molar-refractivity contribution in [1.29, 1.82) is 0 Å². The van der Waals surface area contributed by atoms with E-state index < -0.39 is 0 Å². The summed E-state index contributed by atoms with van der Waals surface area (Å²) in [5.74, 6) is 0.958. The van der Waals surface area contributed by atoms with Crippen LogP contribution in [0.4, 0.5) is 0 Å². The zero-order valence-electron chi connectivity index (χ0n) is 12.3. The van der Waals surface area contributed by atoms with Gasteiger partial charge in [0.2, 0.25) is 0 Å². The van der Waals surface area contributed by atoms with Crippen molar-refractivity contribution in [2.45, 2.75) is 31.2 Å². The van der Waals surface area contributed by atoms with Gasteiger partial charge >= 0.3 is 0 Å². The van der Waals surface area contributed by atoms with Crippen LogP contribution >= 0.6 is 11.8 Å². The molecule has 2 heterocycles. The minimum atomic E-state index is 0.203. The molecule has 3 rings (SSSR count). The molecule has 0 aromatic heterocycles. The molecular formula is C16H22N2OS. The largest absolute Gasteiger partial charge is 0.321 e. The van der Waals surface area contributed by atoms with Gasteiger partial charge in [-0.15, -0.1) is 11.8 Å². The van der Waals surface area contributed by atoms with Gasteiger partial charge in [-0.25, -0.2) is 0 Å². The van der Waals surface area contributed by atoms with Crippen molar-refractivity contribution in [2.75, 3.05) is 26.0 Å². The number of thioether (sulfide) groups is 1. The molecule has 0 bridgehead atoms. The Hall–Kier alpha value is -1.00. The molecule has 1 amide bonds. The number of likely N-dealkylation sites (tertiary alicyclic amines) is 1. The van der Waals surface area contributed by atoms with Crippen molar-refractivity contribution in [3.63, 3.8) is 0 Å². The standard InChI is InChI=1S/C16H22N2OS/c1-12-5-4-8-17(9-12)11-18-10-14-13(16(18)19)6-3-7-15(14)20-2/h3,6-7,12H,4-5,8-11H2,1-2H3/t12-/m0/s1. The van der Waals surface area contributed by atoms with Crippen LogP contribution in [0.1, 0.15) is 35.7 Å². The first-order chi connectivity index (χ1) is 9.69. The molecule has 1 fully saturated rings. The summed E-state index contributed by atoms with van der Waals surface area (Å²) in [5.41, 5.74) is 2.12. The maximum Gasteiger partial charge on any atom is 0.255 e. The number of piperidine rings is 1. The number of hydrogen-bond acceptors (Lipinski definition) is 3.